The minimum atomic E-state index is -4.12. The molecule has 0 bridgehead atoms. The Bertz CT molecular complexity index is 215. The van der Waals surface area contributed by atoms with Gasteiger partial charge >= 0.3 is 6.18 Å². The van der Waals surface area contributed by atoms with Crippen LogP contribution in [0.1, 0.15) is 34.6 Å². The standard InChI is InChI=1S/C13H27F3N2/c1-6-18(9-13(14,15)16)12(11(4)5)8-17-7-10(2)3/h10-12,17H,6-9H2,1-5H3. The summed E-state index contributed by atoms with van der Waals surface area (Å²) in [5, 5.41) is 3.26. The molecule has 2 nitrogen and oxygen atoms in total. The molecule has 0 radical (unpaired) electrons. The van der Waals surface area contributed by atoms with Gasteiger partial charge in [0.1, 0.15) is 0 Å². The van der Waals surface area contributed by atoms with E-state index in [1.807, 2.05) is 13.8 Å². The highest BCUT2D eigenvalue weighted by Gasteiger charge is 2.33. The largest absolute Gasteiger partial charge is 0.401 e. The highest BCUT2D eigenvalue weighted by Crippen LogP contribution is 2.20. The number of hydrogen-bond acceptors (Lipinski definition) is 2. The minimum Gasteiger partial charge on any atom is -0.315 e. The van der Waals surface area contributed by atoms with Crippen molar-refractivity contribution < 1.29 is 13.2 Å². The molecule has 0 saturated heterocycles. The van der Waals surface area contributed by atoms with Gasteiger partial charge < -0.3 is 5.32 Å². The van der Waals surface area contributed by atoms with Crippen LogP contribution in [0.5, 0.6) is 0 Å². The van der Waals surface area contributed by atoms with Crippen LogP contribution in [0.4, 0.5) is 13.2 Å². The zero-order valence-corrected chi connectivity index (χ0v) is 12.1. The van der Waals surface area contributed by atoms with Crippen molar-refractivity contribution in [2.75, 3.05) is 26.2 Å². The van der Waals surface area contributed by atoms with E-state index >= 15 is 0 Å². The molecule has 0 aromatic rings. The Morgan fingerprint density at radius 3 is 1.94 bits per heavy atom. The molecule has 0 spiro atoms. The molecule has 0 aromatic heterocycles. The van der Waals surface area contributed by atoms with Crippen LogP contribution < -0.4 is 5.32 Å². The summed E-state index contributed by atoms with van der Waals surface area (Å²) < 4.78 is 37.5. The monoisotopic (exact) mass is 268 g/mol. The maximum atomic E-state index is 12.5. The van der Waals surface area contributed by atoms with Crippen LogP contribution in [0.3, 0.4) is 0 Å². The Labute approximate surface area is 109 Å². The average Bonchev–Trinajstić information content (AvgIpc) is 2.19. The van der Waals surface area contributed by atoms with Crippen LogP contribution in [0.25, 0.3) is 0 Å². The van der Waals surface area contributed by atoms with E-state index < -0.39 is 12.7 Å². The summed E-state index contributed by atoms with van der Waals surface area (Å²) >= 11 is 0. The lowest BCUT2D eigenvalue weighted by molar-refractivity contribution is -0.152. The van der Waals surface area contributed by atoms with E-state index in [1.165, 1.54) is 4.90 Å². The molecule has 0 aliphatic carbocycles. The van der Waals surface area contributed by atoms with Crippen molar-refractivity contribution in [3.63, 3.8) is 0 Å². The van der Waals surface area contributed by atoms with Gasteiger partial charge in [0.25, 0.3) is 0 Å². The number of nitrogens with zero attached hydrogens (tertiary/aromatic N) is 1. The summed E-state index contributed by atoms with van der Waals surface area (Å²) in [6, 6.07) is -0.0737. The third-order valence-electron chi connectivity index (χ3n) is 2.93. The number of alkyl halides is 3. The number of likely N-dealkylation sites (N-methyl/N-ethyl adjacent to an activating group) is 1. The molecule has 18 heavy (non-hydrogen) atoms. The molecular formula is C13H27F3N2. The zero-order valence-electron chi connectivity index (χ0n) is 12.1. The van der Waals surface area contributed by atoms with Crippen molar-refractivity contribution >= 4 is 0 Å². The molecule has 0 rings (SSSR count). The van der Waals surface area contributed by atoms with Crippen molar-refractivity contribution in [3.05, 3.63) is 0 Å². The van der Waals surface area contributed by atoms with Gasteiger partial charge in [-0.1, -0.05) is 34.6 Å². The van der Waals surface area contributed by atoms with Crippen molar-refractivity contribution in [1.29, 1.82) is 0 Å². The Balaban J connectivity index is 4.44. The molecule has 0 saturated carbocycles. The lowest BCUT2D eigenvalue weighted by Crippen LogP contribution is -2.49. The fraction of sp³-hybridized carbons (Fsp3) is 1.00. The molecule has 0 amide bonds. The first-order chi connectivity index (χ1) is 8.17. The van der Waals surface area contributed by atoms with Crippen LogP contribution in [0.2, 0.25) is 0 Å². The second-order valence-electron chi connectivity index (χ2n) is 5.54. The SMILES string of the molecule is CCN(CC(F)(F)F)C(CNCC(C)C)C(C)C. The van der Waals surface area contributed by atoms with Gasteiger partial charge in [-0.2, -0.15) is 13.2 Å². The van der Waals surface area contributed by atoms with Crippen LogP contribution in [0, 0.1) is 11.8 Å². The molecule has 110 valence electrons. The summed E-state index contributed by atoms with van der Waals surface area (Å²) in [6.07, 6.45) is -4.12. The van der Waals surface area contributed by atoms with E-state index in [9.17, 15) is 13.2 Å². The lowest BCUT2D eigenvalue weighted by atomic mass is 10.0. The average molecular weight is 268 g/mol. The number of rotatable bonds is 8. The first kappa shape index (κ1) is 17.7. The van der Waals surface area contributed by atoms with Crippen LogP contribution in [-0.4, -0.2) is 43.3 Å². The molecule has 1 N–H and O–H groups in total. The van der Waals surface area contributed by atoms with Gasteiger partial charge in [0.15, 0.2) is 0 Å². The quantitative estimate of drug-likeness (QED) is 0.727. The summed E-state index contributed by atoms with van der Waals surface area (Å²) in [7, 11) is 0. The highest BCUT2D eigenvalue weighted by molar-refractivity contribution is 4.78. The Morgan fingerprint density at radius 2 is 1.61 bits per heavy atom. The molecule has 0 aliphatic rings. The first-order valence-electron chi connectivity index (χ1n) is 6.68. The van der Waals surface area contributed by atoms with Gasteiger partial charge in [-0.15, -0.1) is 0 Å². The molecule has 5 heteroatoms. The number of nitrogens with one attached hydrogen (secondary N) is 1. The molecular weight excluding hydrogens is 241 g/mol. The maximum absolute atomic E-state index is 12.5. The van der Waals surface area contributed by atoms with Crippen LogP contribution in [0.15, 0.2) is 0 Å². The van der Waals surface area contributed by atoms with Crippen LogP contribution in [-0.2, 0) is 0 Å². The predicted molar refractivity (Wildman–Crippen MR) is 69.6 cm³/mol. The van der Waals surface area contributed by atoms with Crippen molar-refractivity contribution in [3.8, 4) is 0 Å². The van der Waals surface area contributed by atoms with Gasteiger partial charge in [-0.3, -0.25) is 4.90 Å². The topological polar surface area (TPSA) is 15.3 Å². The Hall–Kier alpha value is -0.290. The van der Waals surface area contributed by atoms with Crippen molar-refractivity contribution in [2.45, 2.75) is 46.8 Å². The van der Waals surface area contributed by atoms with E-state index in [0.717, 1.165) is 6.54 Å². The maximum Gasteiger partial charge on any atom is 0.401 e. The van der Waals surface area contributed by atoms with Gasteiger partial charge in [0.2, 0.25) is 0 Å². The van der Waals surface area contributed by atoms with Gasteiger partial charge in [0, 0.05) is 12.6 Å². The van der Waals surface area contributed by atoms with E-state index in [0.29, 0.717) is 19.0 Å². The van der Waals surface area contributed by atoms with Gasteiger partial charge in [-0.05, 0) is 24.9 Å². The van der Waals surface area contributed by atoms with Crippen molar-refractivity contribution in [1.82, 2.24) is 10.2 Å². The molecule has 0 fully saturated rings. The normalized spacial score (nSPS) is 14.8. The summed E-state index contributed by atoms with van der Waals surface area (Å²) in [4.78, 5) is 1.51. The fourth-order valence-corrected chi connectivity index (χ4v) is 2.00. The van der Waals surface area contributed by atoms with E-state index in [1.54, 1.807) is 6.92 Å². The fourth-order valence-electron chi connectivity index (χ4n) is 2.00. The lowest BCUT2D eigenvalue weighted by Gasteiger charge is -2.34. The summed E-state index contributed by atoms with van der Waals surface area (Å²) in [6.45, 7) is 11.0. The number of halogens is 3. The van der Waals surface area contributed by atoms with Crippen molar-refractivity contribution in [2.24, 2.45) is 11.8 Å². The Morgan fingerprint density at radius 1 is 1.06 bits per heavy atom. The molecule has 0 heterocycles. The first-order valence-corrected chi connectivity index (χ1v) is 6.68. The van der Waals surface area contributed by atoms with E-state index in [4.69, 9.17) is 0 Å². The molecule has 1 atom stereocenters. The van der Waals surface area contributed by atoms with Gasteiger partial charge in [0.05, 0.1) is 6.54 Å². The third-order valence-corrected chi connectivity index (χ3v) is 2.93. The zero-order chi connectivity index (χ0) is 14.3. The summed E-state index contributed by atoms with van der Waals surface area (Å²) in [5.41, 5.74) is 0. The molecule has 0 aromatic carbocycles. The van der Waals surface area contributed by atoms with E-state index in [-0.39, 0.29) is 12.0 Å². The molecule has 0 aliphatic heterocycles. The second-order valence-corrected chi connectivity index (χ2v) is 5.54. The summed E-state index contributed by atoms with van der Waals surface area (Å²) in [5.74, 6) is 0.711. The Kier molecular flexibility index (Phi) is 7.87. The highest BCUT2D eigenvalue weighted by atomic mass is 19.4. The van der Waals surface area contributed by atoms with Gasteiger partial charge in [-0.25, -0.2) is 0 Å². The third kappa shape index (κ3) is 7.93. The van der Waals surface area contributed by atoms with Crippen LogP contribution >= 0.6 is 0 Å². The number of hydrogen-bond donors (Lipinski definition) is 1. The molecule has 1 unspecified atom stereocenters. The smallest absolute Gasteiger partial charge is 0.315 e. The second kappa shape index (κ2) is 8.00. The predicted octanol–water partition coefficient (Wildman–Crippen LogP) is 3.14. The van der Waals surface area contributed by atoms with E-state index in [2.05, 4.69) is 19.2 Å². The minimum absolute atomic E-state index is 0.0737.